The molecule has 1 saturated heterocycles. The molecule has 0 spiro atoms. The highest BCUT2D eigenvalue weighted by molar-refractivity contribution is 7.89. The maximum Gasteiger partial charge on any atom is 0.251 e. The van der Waals surface area contributed by atoms with Crippen LogP contribution in [0.1, 0.15) is 35.2 Å². The monoisotopic (exact) mass is 376 g/mol. The largest absolute Gasteiger partial charge is 0.348 e. The Balaban J connectivity index is 1.78. The molecule has 1 aliphatic heterocycles. The number of hydrogen-bond acceptors (Lipinski definition) is 3. The van der Waals surface area contributed by atoms with Crippen molar-refractivity contribution >= 4 is 15.9 Å². The number of nitrogens with one attached hydrogen (secondary N) is 1. The van der Waals surface area contributed by atoms with Crippen LogP contribution in [0.3, 0.4) is 0 Å². The highest BCUT2D eigenvalue weighted by Gasteiger charge is 2.27. The zero-order valence-corrected chi connectivity index (χ0v) is 15.1. The number of benzene rings is 2. The van der Waals surface area contributed by atoms with E-state index in [1.165, 1.54) is 22.5 Å². The molecule has 1 heterocycles. The fourth-order valence-corrected chi connectivity index (χ4v) is 4.79. The fraction of sp³-hybridized carbons (Fsp3) is 0.316. The third-order valence-corrected chi connectivity index (χ3v) is 6.43. The molecule has 0 bridgehead atoms. The van der Waals surface area contributed by atoms with Gasteiger partial charge < -0.3 is 5.32 Å². The first-order valence-electron chi connectivity index (χ1n) is 8.60. The average Bonchev–Trinajstić information content (AvgIpc) is 2.67. The topological polar surface area (TPSA) is 66.5 Å². The molecule has 3 rings (SSSR count). The van der Waals surface area contributed by atoms with Crippen LogP contribution in [0.25, 0.3) is 0 Å². The summed E-state index contributed by atoms with van der Waals surface area (Å²) in [4.78, 5) is 12.4. The maximum atomic E-state index is 13.3. The van der Waals surface area contributed by atoms with Crippen molar-refractivity contribution in [3.05, 3.63) is 65.5 Å². The van der Waals surface area contributed by atoms with Gasteiger partial charge in [0.2, 0.25) is 10.0 Å². The van der Waals surface area contributed by atoms with Gasteiger partial charge in [0, 0.05) is 25.2 Å². The molecule has 1 aliphatic rings. The zero-order chi connectivity index (χ0) is 18.6. The van der Waals surface area contributed by atoms with E-state index in [4.69, 9.17) is 0 Å². The predicted molar refractivity (Wildman–Crippen MR) is 96.6 cm³/mol. The van der Waals surface area contributed by atoms with Gasteiger partial charge in [-0.15, -0.1) is 0 Å². The van der Waals surface area contributed by atoms with Crippen molar-refractivity contribution in [1.29, 1.82) is 0 Å². The number of piperidine rings is 1. The number of sulfonamides is 1. The molecule has 2 aromatic carbocycles. The number of carbonyl (C=O) groups is 1. The molecule has 0 aromatic heterocycles. The molecule has 1 amide bonds. The van der Waals surface area contributed by atoms with Crippen molar-refractivity contribution in [2.75, 3.05) is 13.1 Å². The van der Waals surface area contributed by atoms with Crippen LogP contribution in [0.15, 0.2) is 53.4 Å². The molecular weight excluding hydrogens is 355 g/mol. The molecule has 1 N–H and O–H groups in total. The lowest BCUT2D eigenvalue weighted by Crippen LogP contribution is -2.36. The molecule has 2 aromatic rings. The van der Waals surface area contributed by atoms with Gasteiger partial charge in [-0.1, -0.05) is 30.7 Å². The summed E-state index contributed by atoms with van der Waals surface area (Å²) in [6.45, 7) is 1.09. The van der Waals surface area contributed by atoms with Gasteiger partial charge in [0.05, 0.1) is 4.90 Å². The Labute approximate surface area is 152 Å². The number of carbonyl (C=O) groups excluding carboxylic acids is 1. The van der Waals surface area contributed by atoms with Crippen LogP contribution in [-0.4, -0.2) is 31.7 Å². The van der Waals surface area contributed by atoms with Gasteiger partial charge in [-0.25, -0.2) is 12.8 Å². The normalized spacial score (nSPS) is 15.6. The fourth-order valence-electron chi connectivity index (χ4n) is 3.05. The lowest BCUT2D eigenvalue weighted by molar-refractivity contribution is 0.0950. The highest BCUT2D eigenvalue weighted by atomic mass is 32.2. The molecule has 0 radical (unpaired) electrons. The second-order valence-corrected chi connectivity index (χ2v) is 8.17. The van der Waals surface area contributed by atoms with Crippen molar-refractivity contribution in [3.63, 3.8) is 0 Å². The molecule has 1 fully saturated rings. The lowest BCUT2D eigenvalue weighted by atomic mass is 10.2. The van der Waals surface area contributed by atoms with E-state index in [1.807, 2.05) is 0 Å². The number of amides is 1. The SMILES string of the molecule is O=C(NCc1ccccc1S(=O)(=O)N1CCCCC1)c1cccc(F)c1. The Kier molecular flexibility index (Phi) is 5.68. The molecule has 138 valence electrons. The van der Waals surface area contributed by atoms with E-state index >= 15 is 0 Å². The maximum absolute atomic E-state index is 13.3. The quantitative estimate of drug-likeness (QED) is 0.873. The van der Waals surface area contributed by atoms with Gasteiger partial charge in [0.15, 0.2) is 0 Å². The highest BCUT2D eigenvalue weighted by Crippen LogP contribution is 2.23. The summed E-state index contributed by atoms with van der Waals surface area (Å²) >= 11 is 0. The standard InChI is InChI=1S/C19H21FN2O3S/c20-17-9-6-8-15(13-17)19(23)21-14-16-7-2-3-10-18(16)26(24,25)22-11-4-1-5-12-22/h2-3,6-10,13H,1,4-5,11-12,14H2,(H,21,23). The van der Waals surface area contributed by atoms with Crippen LogP contribution < -0.4 is 5.32 Å². The second kappa shape index (κ2) is 7.97. The summed E-state index contributed by atoms with van der Waals surface area (Å²) in [5.74, 6) is -0.944. The molecule has 0 saturated carbocycles. The van der Waals surface area contributed by atoms with Crippen molar-refractivity contribution in [1.82, 2.24) is 9.62 Å². The van der Waals surface area contributed by atoms with E-state index < -0.39 is 21.7 Å². The van der Waals surface area contributed by atoms with Crippen LogP contribution >= 0.6 is 0 Å². The minimum atomic E-state index is -3.59. The van der Waals surface area contributed by atoms with Crippen molar-refractivity contribution in [2.45, 2.75) is 30.7 Å². The van der Waals surface area contributed by atoms with E-state index in [2.05, 4.69) is 5.32 Å². The molecule has 0 atom stereocenters. The molecule has 0 unspecified atom stereocenters. The van der Waals surface area contributed by atoms with Crippen molar-refractivity contribution in [2.24, 2.45) is 0 Å². The van der Waals surface area contributed by atoms with Crippen LogP contribution in [-0.2, 0) is 16.6 Å². The third kappa shape index (κ3) is 4.11. The summed E-state index contributed by atoms with van der Waals surface area (Å²) in [6.07, 6.45) is 2.76. The molecule has 5 nitrogen and oxygen atoms in total. The number of nitrogens with zero attached hydrogens (tertiary/aromatic N) is 1. The van der Waals surface area contributed by atoms with E-state index in [9.17, 15) is 17.6 Å². The summed E-state index contributed by atoms with van der Waals surface area (Å²) < 4.78 is 40.6. The van der Waals surface area contributed by atoms with Gasteiger partial charge in [-0.05, 0) is 42.7 Å². The van der Waals surface area contributed by atoms with Gasteiger partial charge in [-0.3, -0.25) is 4.79 Å². The Hall–Kier alpha value is -2.25. The van der Waals surface area contributed by atoms with Crippen molar-refractivity contribution in [3.8, 4) is 0 Å². The average molecular weight is 376 g/mol. The molecular formula is C19H21FN2O3S. The third-order valence-electron chi connectivity index (χ3n) is 4.43. The van der Waals surface area contributed by atoms with E-state index in [1.54, 1.807) is 24.3 Å². The number of halogens is 1. The Morgan fingerprint density at radius 3 is 2.50 bits per heavy atom. The van der Waals surface area contributed by atoms with Gasteiger partial charge >= 0.3 is 0 Å². The number of rotatable bonds is 5. The van der Waals surface area contributed by atoms with Gasteiger partial charge in [-0.2, -0.15) is 4.31 Å². The zero-order valence-electron chi connectivity index (χ0n) is 14.3. The van der Waals surface area contributed by atoms with Gasteiger partial charge in [0.1, 0.15) is 5.82 Å². The minimum absolute atomic E-state index is 0.0542. The van der Waals surface area contributed by atoms with Crippen LogP contribution in [0.2, 0.25) is 0 Å². The summed E-state index contributed by atoms with van der Waals surface area (Å²) in [5.41, 5.74) is 0.712. The van der Waals surface area contributed by atoms with E-state index in [0.717, 1.165) is 25.3 Å². The first kappa shape index (κ1) is 18.5. The van der Waals surface area contributed by atoms with Crippen LogP contribution in [0, 0.1) is 5.82 Å². The first-order valence-corrected chi connectivity index (χ1v) is 10.0. The first-order chi connectivity index (χ1) is 12.5. The summed E-state index contributed by atoms with van der Waals surface area (Å²) in [7, 11) is -3.59. The number of hydrogen-bond donors (Lipinski definition) is 1. The summed E-state index contributed by atoms with van der Waals surface area (Å²) in [6, 6.07) is 12.0. The molecule has 26 heavy (non-hydrogen) atoms. The van der Waals surface area contributed by atoms with Gasteiger partial charge in [0.25, 0.3) is 5.91 Å². The smallest absolute Gasteiger partial charge is 0.251 e. The second-order valence-electron chi connectivity index (χ2n) is 6.27. The van der Waals surface area contributed by atoms with Crippen LogP contribution in [0.5, 0.6) is 0 Å². The minimum Gasteiger partial charge on any atom is -0.348 e. The predicted octanol–water partition coefficient (Wildman–Crippen LogP) is 2.93. The van der Waals surface area contributed by atoms with Crippen molar-refractivity contribution < 1.29 is 17.6 Å². The summed E-state index contributed by atoms with van der Waals surface area (Å²) in [5, 5.41) is 2.67. The molecule has 0 aliphatic carbocycles. The van der Waals surface area contributed by atoms with Crippen LogP contribution in [0.4, 0.5) is 4.39 Å². The Bertz CT molecular complexity index is 893. The Morgan fingerprint density at radius 1 is 1.04 bits per heavy atom. The van der Waals surface area contributed by atoms with E-state index in [0.29, 0.717) is 18.7 Å². The molecule has 7 heteroatoms. The lowest BCUT2D eigenvalue weighted by Gasteiger charge is -2.26. The van der Waals surface area contributed by atoms with E-state index in [-0.39, 0.29) is 17.0 Å². The Morgan fingerprint density at radius 2 is 1.77 bits per heavy atom.